The van der Waals surface area contributed by atoms with Gasteiger partial charge >= 0.3 is 0 Å². The first-order valence-electron chi connectivity index (χ1n) is 4.83. The average molecular weight is 237 g/mol. The van der Waals surface area contributed by atoms with Crippen LogP contribution < -0.4 is 10.5 Å². The molecule has 2 rings (SSSR count). The molecule has 0 radical (unpaired) electrons. The molecular formula is C12H12FNOS. The van der Waals surface area contributed by atoms with E-state index in [1.165, 1.54) is 13.2 Å². The Morgan fingerprint density at radius 3 is 2.69 bits per heavy atom. The van der Waals surface area contributed by atoms with Crippen LogP contribution in [-0.4, -0.2) is 7.11 Å². The molecule has 0 saturated carbocycles. The van der Waals surface area contributed by atoms with Crippen LogP contribution in [0, 0.1) is 5.82 Å². The number of nitrogens with two attached hydrogens (primary N) is 1. The lowest BCUT2D eigenvalue weighted by molar-refractivity contribution is 0.386. The molecule has 0 fully saturated rings. The highest BCUT2D eigenvalue weighted by Crippen LogP contribution is 2.25. The van der Waals surface area contributed by atoms with E-state index in [1.807, 2.05) is 16.8 Å². The van der Waals surface area contributed by atoms with Crippen LogP contribution in [0.3, 0.4) is 0 Å². The first kappa shape index (κ1) is 11.1. The number of hydrogen-bond acceptors (Lipinski definition) is 3. The molecule has 0 saturated heterocycles. The van der Waals surface area contributed by atoms with Crippen molar-refractivity contribution in [1.29, 1.82) is 0 Å². The second-order valence-electron chi connectivity index (χ2n) is 3.43. The second-order valence-corrected chi connectivity index (χ2v) is 4.21. The zero-order chi connectivity index (χ0) is 11.5. The molecule has 0 unspecified atom stereocenters. The lowest BCUT2D eigenvalue weighted by atomic mass is 10.0. The van der Waals surface area contributed by atoms with Crippen LogP contribution in [0.4, 0.5) is 4.39 Å². The highest BCUT2D eigenvalue weighted by atomic mass is 32.1. The maximum atomic E-state index is 13.5. The Balaban J connectivity index is 2.31. The summed E-state index contributed by atoms with van der Waals surface area (Å²) in [6, 6.07) is 6.45. The van der Waals surface area contributed by atoms with E-state index in [2.05, 4.69) is 0 Å². The smallest absolute Gasteiger partial charge is 0.165 e. The van der Waals surface area contributed by atoms with Crippen LogP contribution in [0.15, 0.2) is 35.0 Å². The molecule has 0 spiro atoms. The highest BCUT2D eigenvalue weighted by Gasteiger charge is 2.12. The summed E-state index contributed by atoms with van der Waals surface area (Å²) in [6.07, 6.45) is 0. The summed E-state index contributed by atoms with van der Waals surface area (Å²) in [4.78, 5) is 0. The highest BCUT2D eigenvalue weighted by molar-refractivity contribution is 7.08. The number of benzene rings is 1. The molecule has 1 aromatic carbocycles. The molecule has 0 aliphatic heterocycles. The molecular weight excluding hydrogens is 225 g/mol. The first-order valence-corrected chi connectivity index (χ1v) is 5.77. The van der Waals surface area contributed by atoms with E-state index >= 15 is 0 Å². The minimum Gasteiger partial charge on any atom is -0.494 e. The third kappa shape index (κ3) is 2.08. The van der Waals surface area contributed by atoms with Gasteiger partial charge in [-0.15, -0.1) is 0 Å². The molecule has 4 heteroatoms. The molecule has 0 aliphatic rings. The van der Waals surface area contributed by atoms with E-state index in [1.54, 1.807) is 23.5 Å². The second kappa shape index (κ2) is 4.63. The van der Waals surface area contributed by atoms with Crippen molar-refractivity contribution in [3.8, 4) is 5.75 Å². The normalized spacial score (nSPS) is 12.4. The lowest BCUT2D eigenvalue weighted by Crippen LogP contribution is -2.11. The van der Waals surface area contributed by atoms with Crippen molar-refractivity contribution in [2.75, 3.05) is 7.11 Å². The molecule has 2 nitrogen and oxygen atoms in total. The molecule has 0 aliphatic carbocycles. The number of halogens is 1. The summed E-state index contributed by atoms with van der Waals surface area (Å²) in [6.45, 7) is 0. The van der Waals surface area contributed by atoms with Gasteiger partial charge in [0.05, 0.1) is 13.2 Å². The zero-order valence-corrected chi connectivity index (χ0v) is 9.63. The molecule has 16 heavy (non-hydrogen) atoms. The van der Waals surface area contributed by atoms with Crippen LogP contribution >= 0.6 is 11.3 Å². The van der Waals surface area contributed by atoms with Gasteiger partial charge in [-0.2, -0.15) is 11.3 Å². The fourth-order valence-electron chi connectivity index (χ4n) is 1.52. The Hall–Kier alpha value is -1.39. The Morgan fingerprint density at radius 2 is 2.12 bits per heavy atom. The van der Waals surface area contributed by atoms with Gasteiger partial charge in [-0.25, -0.2) is 4.39 Å². The van der Waals surface area contributed by atoms with Crippen LogP contribution in [0.2, 0.25) is 0 Å². The van der Waals surface area contributed by atoms with E-state index < -0.39 is 0 Å². The van der Waals surface area contributed by atoms with E-state index in [0.29, 0.717) is 0 Å². The molecule has 2 N–H and O–H groups in total. The summed E-state index contributed by atoms with van der Waals surface area (Å²) in [5, 5.41) is 3.92. The summed E-state index contributed by atoms with van der Waals surface area (Å²) in [7, 11) is 1.44. The summed E-state index contributed by atoms with van der Waals surface area (Å²) in [5.74, 6) is -0.146. The van der Waals surface area contributed by atoms with Crippen LogP contribution in [0.25, 0.3) is 0 Å². The molecule has 1 atom stereocenters. The van der Waals surface area contributed by atoms with E-state index in [4.69, 9.17) is 10.5 Å². The number of ether oxygens (including phenoxy) is 1. The molecule has 0 bridgehead atoms. The maximum absolute atomic E-state index is 13.5. The monoisotopic (exact) mass is 237 g/mol. The number of thiophene rings is 1. The van der Waals surface area contributed by atoms with Gasteiger partial charge < -0.3 is 10.5 Å². The quantitative estimate of drug-likeness (QED) is 0.890. The number of rotatable bonds is 3. The van der Waals surface area contributed by atoms with Crippen molar-refractivity contribution in [1.82, 2.24) is 0 Å². The Kier molecular flexibility index (Phi) is 3.22. The fourth-order valence-corrected chi connectivity index (χ4v) is 2.22. The van der Waals surface area contributed by atoms with Crippen molar-refractivity contribution >= 4 is 11.3 Å². The third-order valence-corrected chi connectivity index (χ3v) is 3.14. The van der Waals surface area contributed by atoms with Crippen LogP contribution in [0.5, 0.6) is 5.75 Å². The van der Waals surface area contributed by atoms with E-state index in [-0.39, 0.29) is 17.6 Å². The van der Waals surface area contributed by atoms with Gasteiger partial charge in [0.1, 0.15) is 0 Å². The SMILES string of the molecule is COc1ccc([C@H](N)c2ccsc2)cc1F. The largest absolute Gasteiger partial charge is 0.494 e. The van der Waals surface area contributed by atoms with Gasteiger partial charge in [0.2, 0.25) is 0 Å². The minimum absolute atomic E-state index is 0.237. The van der Waals surface area contributed by atoms with Gasteiger partial charge in [-0.05, 0) is 40.1 Å². The Labute approximate surface area is 97.5 Å². The Bertz CT molecular complexity index is 470. The van der Waals surface area contributed by atoms with Crippen molar-refractivity contribution in [2.45, 2.75) is 6.04 Å². The van der Waals surface area contributed by atoms with Gasteiger partial charge in [0, 0.05) is 0 Å². The average Bonchev–Trinajstić information content (AvgIpc) is 2.81. The first-order chi connectivity index (χ1) is 7.72. The van der Waals surface area contributed by atoms with Crippen molar-refractivity contribution in [3.05, 3.63) is 52.0 Å². The van der Waals surface area contributed by atoms with Gasteiger partial charge in [0.15, 0.2) is 11.6 Å². The molecule has 0 amide bonds. The van der Waals surface area contributed by atoms with Crippen molar-refractivity contribution in [2.24, 2.45) is 5.73 Å². The van der Waals surface area contributed by atoms with Gasteiger partial charge in [-0.3, -0.25) is 0 Å². The summed E-state index contributed by atoms with van der Waals surface area (Å²) < 4.78 is 18.3. The summed E-state index contributed by atoms with van der Waals surface area (Å²) in [5.41, 5.74) is 7.76. The van der Waals surface area contributed by atoms with Crippen LogP contribution in [0.1, 0.15) is 17.2 Å². The summed E-state index contributed by atoms with van der Waals surface area (Å²) >= 11 is 1.58. The lowest BCUT2D eigenvalue weighted by Gasteiger charge is -2.11. The predicted molar refractivity (Wildman–Crippen MR) is 63.3 cm³/mol. The van der Waals surface area contributed by atoms with Crippen LogP contribution in [-0.2, 0) is 0 Å². The molecule has 1 heterocycles. The third-order valence-electron chi connectivity index (χ3n) is 2.44. The zero-order valence-electron chi connectivity index (χ0n) is 8.81. The predicted octanol–water partition coefficient (Wildman–Crippen LogP) is 2.94. The van der Waals surface area contributed by atoms with Crippen molar-refractivity contribution < 1.29 is 9.13 Å². The Morgan fingerprint density at radius 1 is 1.31 bits per heavy atom. The van der Waals surface area contributed by atoms with Gasteiger partial charge in [0.25, 0.3) is 0 Å². The van der Waals surface area contributed by atoms with E-state index in [9.17, 15) is 4.39 Å². The standard InChI is InChI=1S/C12H12FNOS/c1-15-11-3-2-8(6-10(11)13)12(14)9-4-5-16-7-9/h2-7,12H,14H2,1H3/t12-/m0/s1. The fraction of sp³-hybridized carbons (Fsp3) is 0.167. The number of methoxy groups -OCH3 is 1. The maximum Gasteiger partial charge on any atom is 0.165 e. The van der Waals surface area contributed by atoms with E-state index in [0.717, 1.165) is 11.1 Å². The topological polar surface area (TPSA) is 35.2 Å². The molecule has 1 aromatic heterocycles. The molecule has 2 aromatic rings. The van der Waals surface area contributed by atoms with Crippen molar-refractivity contribution in [3.63, 3.8) is 0 Å². The molecule has 84 valence electrons. The minimum atomic E-state index is -0.384. The van der Waals surface area contributed by atoms with Gasteiger partial charge in [-0.1, -0.05) is 6.07 Å². The number of hydrogen-bond donors (Lipinski definition) is 1.